The van der Waals surface area contributed by atoms with Crippen LogP contribution in [0.15, 0.2) is 47.2 Å². The molecule has 0 amide bonds. The molecule has 1 aliphatic heterocycles. The van der Waals surface area contributed by atoms with Gasteiger partial charge < -0.3 is 19.8 Å². The second-order valence-corrected chi connectivity index (χ2v) is 7.74. The van der Waals surface area contributed by atoms with Crippen LogP contribution in [0.4, 0.5) is 0 Å². The van der Waals surface area contributed by atoms with Crippen molar-refractivity contribution in [3.05, 3.63) is 48.4 Å². The molecular weight excluding hydrogens is 360 g/mol. The first-order chi connectivity index (χ1) is 13.3. The number of nitrogens with one attached hydrogen (secondary N) is 2. The third-order valence-electron chi connectivity index (χ3n) is 4.85. The molecule has 2 N–H and O–H groups in total. The third-order valence-corrected chi connectivity index (χ3v) is 5.73. The second kappa shape index (κ2) is 7.26. The van der Waals surface area contributed by atoms with Crippen molar-refractivity contribution in [1.29, 1.82) is 0 Å². The maximum atomic E-state index is 5.91. The van der Waals surface area contributed by atoms with E-state index in [1.165, 1.54) is 29.7 Å². The molecule has 1 fully saturated rings. The van der Waals surface area contributed by atoms with Crippen LogP contribution in [0.3, 0.4) is 0 Å². The van der Waals surface area contributed by atoms with E-state index in [0.717, 1.165) is 35.3 Å². The zero-order chi connectivity index (χ0) is 18.1. The van der Waals surface area contributed by atoms with Crippen molar-refractivity contribution in [3.63, 3.8) is 0 Å². The Bertz CT molecular complexity index is 1040. The lowest BCUT2D eigenvalue weighted by Gasteiger charge is -2.10. The van der Waals surface area contributed by atoms with E-state index in [0.29, 0.717) is 22.6 Å². The molecule has 0 aliphatic carbocycles. The number of ether oxygens (including phenoxy) is 1. The van der Waals surface area contributed by atoms with Crippen LogP contribution in [-0.2, 0) is 6.54 Å². The fraction of sp³-hybridized carbons (Fsp3) is 0.300. The summed E-state index contributed by atoms with van der Waals surface area (Å²) >= 11 is 1.48. The van der Waals surface area contributed by atoms with Gasteiger partial charge in [0.15, 0.2) is 5.65 Å². The fourth-order valence-electron chi connectivity index (χ4n) is 3.47. The summed E-state index contributed by atoms with van der Waals surface area (Å²) in [4.78, 5) is 8.65. The summed E-state index contributed by atoms with van der Waals surface area (Å²) in [5, 5.41) is 8.72. The normalized spacial score (nSPS) is 17.1. The van der Waals surface area contributed by atoms with Gasteiger partial charge in [0.25, 0.3) is 5.19 Å². The lowest BCUT2D eigenvalue weighted by atomic mass is 10.1. The van der Waals surface area contributed by atoms with Crippen molar-refractivity contribution < 1.29 is 9.15 Å². The Balaban J connectivity index is 1.29. The van der Waals surface area contributed by atoms with Crippen LogP contribution in [0.2, 0.25) is 0 Å². The molecule has 27 heavy (non-hydrogen) atoms. The van der Waals surface area contributed by atoms with E-state index in [-0.39, 0.29) is 0 Å². The Labute approximate surface area is 160 Å². The summed E-state index contributed by atoms with van der Waals surface area (Å²) in [6.45, 7) is 2.92. The minimum atomic E-state index is 0.584. The summed E-state index contributed by atoms with van der Waals surface area (Å²) in [7, 11) is 0. The average Bonchev–Trinajstić information content (AvgIpc) is 3.41. The summed E-state index contributed by atoms with van der Waals surface area (Å²) in [5.74, 6) is 0.713. The van der Waals surface area contributed by atoms with Gasteiger partial charge in [0, 0.05) is 42.3 Å². The first-order valence-electron chi connectivity index (χ1n) is 9.19. The Morgan fingerprint density at radius 1 is 1.33 bits per heavy atom. The van der Waals surface area contributed by atoms with Gasteiger partial charge in [-0.15, -0.1) is 0 Å². The van der Waals surface area contributed by atoms with Gasteiger partial charge in [0.2, 0.25) is 0 Å². The fourth-order valence-corrected chi connectivity index (χ4v) is 4.26. The van der Waals surface area contributed by atoms with Crippen molar-refractivity contribution in [1.82, 2.24) is 20.6 Å². The number of rotatable bonds is 6. The molecule has 5 rings (SSSR count). The molecule has 0 radical (unpaired) electrons. The van der Waals surface area contributed by atoms with Crippen LogP contribution >= 0.6 is 11.3 Å². The van der Waals surface area contributed by atoms with Crippen molar-refractivity contribution >= 4 is 32.7 Å². The Morgan fingerprint density at radius 3 is 3.22 bits per heavy atom. The number of pyridine rings is 1. The first kappa shape index (κ1) is 16.7. The van der Waals surface area contributed by atoms with Gasteiger partial charge in [0.05, 0.1) is 11.0 Å². The minimum absolute atomic E-state index is 0.584. The van der Waals surface area contributed by atoms with Gasteiger partial charge in [0.1, 0.15) is 11.3 Å². The van der Waals surface area contributed by atoms with Crippen molar-refractivity contribution in [2.75, 3.05) is 13.1 Å². The van der Waals surface area contributed by atoms with Crippen LogP contribution in [0.5, 0.6) is 10.9 Å². The highest BCUT2D eigenvalue weighted by atomic mass is 32.1. The summed E-state index contributed by atoms with van der Waals surface area (Å²) in [5.41, 5.74) is 2.70. The van der Waals surface area contributed by atoms with Crippen LogP contribution in [-0.4, -0.2) is 29.1 Å². The van der Waals surface area contributed by atoms with Gasteiger partial charge >= 0.3 is 0 Å². The molecule has 1 unspecified atom stereocenters. The SMILES string of the molecule is c1cnc2nc(Oc3ccc4c(CNCC5CCCN5)coc4c3)sc2c1. The maximum Gasteiger partial charge on any atom is 0.281 e. The third kappa shape index (κ3) is 3.53. The standard InChI is InChI=1S/C20H20N4O2S/c1-3-14(22-7-1)11-21-10-13-12-25-17-9-15(5-6-16(13)17)26-20-24-19-18(27-20)4-2-8-23-19/h2,4-6,8-9,12,14,21-22H,1,3,7,10-11H2. The maximum absolute atomic E-state index is 5.91. The molecule has 1 aromatic carbocycles. The zero-order valence-electron chi connectivity index (χ0n) is 14.8. The average molecular weight is 380 g/mol. The smallest absolute Gasteiger partial charge is 0.281 e. The highest BCUT2D eigenvalue weighted by Gasteiger charge is 2.14. The molecule has 1 saturated heterocycles. The lowest BCUT2D eigenvalue weighted by molar-refractivity contribution is 0.479. The second-order valence-electron chi connectivity index (χ2n) is 6.75. The van der Waals surface area contributed by atoms with Gasteiger partial charge in [-0.1, -0.05) is 11.3 Å². The highest BCUT2D eigenvalue weighted by Crippen LogP contribution is 2.32. The number of thiazole rings is 1. The zero-order valence-corrected chi connectivity index (χ0v) is 15.6. The largest absolute Gasteiger partial charge is 0.464 e. The van der Waals surface area contributed by atoms with Crippen LogP contribution in [0.25, 0.3) is 21.3 Å². The van der Waals surface area contributed by atoms with E-state index in [2.05, 4.69) is 20.6 Å². The van der Waals surface area contributed by atoms with E-state index < -0.39 is 0 Å². The molecular formula is C20H20N4O2S. The molecule has 1 atom stereocenters. The van der Waals surface area contributed by atoms with Crippen LogP contribution < -0.4 is 15.4 Å². The predicted octanol–water partition coefficient (Wildman–Crippen LogP) is 4.07. The van der Waals surface area contributed by atoms with Gasteiger partial charge in [-0.05, 0) is 43.7 Å². The quantitative estimate of drug-likeness (QED) is 0.525. The molecule has 4 heterocycles. The number of hydrogen-bond acceptors (Lipinski definition) is 7. The minimum Gasteiger partial charge on any atom is -0.464 e. The Kier molecular flexibility index (Phi) is 4.49. The van der Waals surface area contributed by atoms with Crippen molar-refractivity contribution in [3.8, 4) is 10.9 Å². The summed E-state index contributed by atoms with van der Waals surface area (Å²) < 4.78 is 12.7. The Morgan fingerprint density at radius 2 is 2.33 bits per heavy atom. The topological polar surface area (TPSA) is 72.2 Å². The monoisotopic (exact) mass is 380 g/mol. The highest BCUT2D eigenvalue weighted by molar-refractivity contribution is 7.20. The first-order valence-corrected chi connectivity index (χ1v) is 10.0. The van der Waals surface area contributed by atoms with E-state index in [4.69, 9.17) is 9.15 Å². The van der Waals surface area contributed by atoms with Gasteiger partial charge in [-0.2, -0.15) is 4.98 Å². The van der Waals surface area contributed by atoms with Crippen LogP contribution in [0.1, 0.15) is 18.4 Å². The molecule has 4 aromatic rings. The molecule has 0 saturated carbocycles. The molecule has 1 aliphatic rings. The molecule has 3 aromatic heterocycles. The molecule has 0 bridgehead atoms. The van der Waals surface area contributed by atoms with Gasteiger partial charge in [-0.25, -0.2) is 4.98 Å². The molecule has 138 valence electrons. The van der Waals surface area contributed by atoms with Gasteiger partial charge in [-0.3, -0.25) is 0 Å². The summed E-state index contributed by atoms with van der Waals surface area (Å²) in [6, 6.07) is 10.4. The number of nitrogens with zero attached hydrogens (tertiary/aromatic N) is 2. The Hall–Kier alpha value is -2.48. The molecule has 7 heteroatoms. The predicted molar refractivity (Wildman–Crippen MR) is 106 cm³/mol. The number of benzene rings is 1. The van der Waals surface area contributed by atoms with Crippen LogP contribution in [0, 0.1) is 0 Å². The van der Waals surface area contributed by atoms with Crippen molar-refractivity contribution in [2.45, 2.75) is 25.4 Å². The van der Waals surface area contributed by atoms with E-state index in [9.17, 15) is 0 Å². The number of fused-ring (bicyclic) bond motifs is 2. The van der Waals surface area contributed by atoms with Crippen molar-refractivity contribution in [2.24, 2.45) is 0 Å². The van der Waals surface area contributed by atoms with E-state index in [1.807, 2.05) is 36.6 Å². The van der Waals surface area contributed by atoms with E-state index >= 15 is 0 Å². The lowest BCUT2D eigenvalue weighted by Crippen LogP contribution is -2.33. The van der Waals surface area contributed by atoms with E-state index in [1.54, 1.807) is 6.20 Å². The molecule has 0 spiro atoms. The number of hydrogen-bond donors (Lipinski definition) is 2. The summed E-state index contributed by atoms with van der Waals surface area (Å²) in [6.07, 6.45) is 6.08. The number of furan rings is 1. The number of aromatic nitrogens is 2. The molecule has 6 nitrogen and oxygen atoms in total.